The van der Waals surface area contributed by atoms with Crippen molar-refractivity contribution in [3.05, 3.63) is 0 Å². The van der Waals surface area contributed by atoms with Crippen molar-refractivity contribution in [1.82, 2.24) is 0 Å². The summed E-state index contributed by atoms with van der Waals surface area (Å²) in [6.45, 7) is 0. The molecule has 0 unspecified atom stereocenters. The van der Waals surface area contributed by atoms with Crippen LogP contribution in [0.2, 0.25) is 10.4 Å². The molecule has 0 N–H and O–H groups in total. The average Bonchev–Trinajstić information content (AvgIpc) is 1.61. The van der Waals surface area contributed by atoms with Crippen LogP contribution in [0.25, 0.3) is 0 Å². The molecule has 0 nitrogen and oxygen atoms in total. The van der Waals surface area contributed by atoms with Gasteiger partial charge >= 0.3 is 107 Å². The molecule has 0 aliphatic rings. The summed E-state index contributed by atoms with van der Waals surface area (Å²) in [4.78, 5) is 0. The van der Waals surface area contributed by atoms with Crippen molar-refractivity contribution in [3.8, 4) is 0 Å². The third kappa shape index (κ3) is 10.0. The molecule has 0 atom stereocenters. The first-order chi connectivity index (χ1) is 3.63. The first kappa shape index (κ1) is 12.0. The van der Waals surface area contributed by atoms with Gasteiger partial charge in [0.25, 0.3) is 0 Å². The Labute approximate surface area is 104 Å². The summed E-state index contributed by atoms with van der Waals surface area (Å²) in [5, 5.41) is 3.11. The molecule has 8 heavy (non-hydrogen) atoms. The second kappa shape index (κ2) is 7.67. The van der Waals surface area contributed by atoms with Crippen LogP contribution in [0, 0.1) is 0 Å². The van der Waals surface area contributed by atoms with E-state index < -0.39 is 0 Å². The topological polar surface area (TPSA) is 0 Å². The van der Waals surface area contributed by atoms with Crippen molar-refractivity contribution in [2.75, 3.05) is 0 Å². The SMILES string of the molecule is I[As](I)CC[As](I)I. The van der Waals surface area contributed by atoms with Gasteiger partial charge in [-0.05, 0) is 0 Å². The zero-order valence-corrected chi connectivity index (χ0v) is 16.2. The fourth-order valence-electron chi connectivity index (χ4n) is 0.151. The van der Waals surface area contributed by atoms with E-state index in [0.717, 1.165) is 0 Å². The molecule has 0 aliphatic heterocycles. The molecule has 0 rings (SSSR count). The quantitative estimate of drug-likeness (QED) is 0.315. The normalized spacial score (nSPS) is 11.2. The summed E-state index contributed by atoms with van der Waals surface area (Å²) < 4.78 is 0. The van der Waals surface area contributed by atoms with E-state index in [0.29, 0.717) is 0 Å². The van der Waals surface area contributed by atoms with Crippen LogP contribution in [0.1, 0.15) is 0 Å². The molecule has 0 radical (unpaired) electrons. The predicted octanol–water partition coefficient (Wildman–Crippen LogP) is 3.70. The Morgan fingerprint density at radius 2 is 1.00 bits per heavy atom. The van der Waals surface area contributed by atoms with Gasteiger partial charge in [-0.15, -0.1) is 0 Å². The van der Waals surface area contributed by atoms with Crippen LogP contribution in [-0.4, -0.2) is 15.9 Å². The molecule has 0 saturated carbocycles. The van der Waals surface area contributed by atoms with Crippen molar-refractivity contribution < 1.29 is 0 Å². The van der Waals surface area contributed by atoms with E-state index in [1.807, 2.05) is 0 Å². The Bertz CT molecular complexity index is 48.0. The van der Waals surface area contributed by atoms with E-state index in [2.05, 4.69) is 80.5 Å². The number of halogens is 4. The second-order valence-corrected chi connectivity index (χ2v) is 48.9. The molecule has 0 aliphatic carbocycles. The molecule has 6 heteroatoms. The first-order valence-corrected chi connectivity index (χ1v) is 27.4. The van der Waals surface area contributed by atoms with Gasteiger partial charge < -0.3 is 0 Å². The van der Waals surface area contributed by atoms with Crippen LogP contribution < -0.4 is 0 Å². The maximum atomic E-state index is 2.62. The van der Waals surface area contributed by atoms with Gasteiger partial charge in [0.15, 0.2) is 0 Å². The summed E-state index contributed by atoms with van der Waals surface area (Å²) in [6.07, 6.45) is 0. The van der Waals surface area contributed by atoms with E-state index in [1.54, 1.807) is 10.4 Å². The number of hydrogen-bond acceptors (Lipinski definition) is 0. The maximum absolute atomic E-state index is 2.62. The first-order valence-electron chi connectivity index (χ1n) is 1.81. The fraction of sp³-hybridized carbons (Fsp3) is 1.00. The van der Waals surface area contributed by atoms with Gasteiger partial charge in [0.1, 0.15) is 0 Å². The van der Waals surface area contributed by atoms with Crippen molar-refractivity contribution in [3.63, 3.8) is 0 Å². The molecule has 50 valence electrons. The van der Waals surface area contributed by atoms with Gasteiger partial charge in [0, 0.05) is 0 Å². The van der Waals surface area contributed by atoms with E-state index in [9.17, 15) is 0 Å². The number of hydrogen-bond donors (Lipinski definition) is 0. The van der Waals surface area contributed by atoms with Gasteiger partial charge in [0.05, 0.1) is 0 Å². The van der Waals surface area contributed by atoms with Crippen LogP contribution in [0.3, 0.4) is 0 Å². The molecule has 0 aromatic rings. The molecule has 0 spiro atoms. The molecule has 0 saturated heterocycles. The van der Waals surface area contributed by atoms with Gasteiger partial charge in [-0.25, -0.2) is 0 Å². The Hall–Kier alpha value is 4.04. The van der Waals surface area contributed by atoms with E-state index in [-0.39, 0.29) is 15.9 Å². The third-order valence-corrected chi connectivity index (χ3v) is 14.5. The minimum absolute atomic E-state index is 0.315. The van der Waals surface area contributed by atoms with Gasteiger partial charge in [-0.1, -0.05) is 0 Å². The summed E-state index contributed by atoms with van der Waals surface area (Å²) in [5.74, 6) is 0. The van der Waals surface area contributed by atoms with Crippen molar-refractivity contribution >= 4 is 96.4 Å². The minimum atomic E-state index is -0.315. The van der Waals surface area contributed by atoms with Gasteiger partial charge in [-0.2, -0.15) is 0 Å². The summed E-state index contributed by atoms with van der Waals surface area (Å²) in [6, 6.07) is 0. The van der Waals surface area contributed by atoms with Crippen molar-refractivity contribution in [1.29, 1.82) is 0 Å². The van der Waals surface area contributed by atoms with E-state index >= 15 is 0 Å². The molecular formula is C2H4As2I4. The standard InChI is InChI=1S/C2H4As2I4/c5-3(6)1-2-4(7)8/h1-2H2. The van der Waals surface area contributed by atoms with Crippen molar-refractivity contribution in [2.24, 2.45) is 0 Å². The average molecular weight is 686 g/mol. The van der Waals surface area contributed by atoms with Crippen LogP contribution in [0.5, 0.6) is 0 Å². The summed E-state index contributed by atoms with van der Waals surface area (Å²) in [5.41, 5.74) is 0. The third-order valence-electron chi connectivity index (χ3n) is 0.438. The predicted molar refractivity (Wildman–Crippen MR) is 77.2 cm³/mol. The van der Waals surface area contributed by atoms with E-state index in [1.165, 1.54) is 0 Å². The molecule has 0 aromatic heterocycles. The van der Waals surface area contributed by atoms with Gasteiger partial charge in [-0.3, -0.25) is 0 Å². The zero-order chi connectivity index (χ0) is 6.57. The number of rotatable bonds is 3. The summed E-state index contributed by atoms with van der Waals surface area (Å²) in [7, 11) is -0.631. The Morgan fingerprint density at radius 1 is 0.750 bits per heavy atom. The van der Waals surface area contributed by atoms with E-state index in [4.69, 9.17) is 0 Å². The second-order valence-electron chi connectivity index (χ2n) is 1.05. The molecule has 0 aromatic carbocycles. The van der Waals surface area contributed by atoms with Crippen LogP contribution >= 0.6 is 80.5 Å². The van der Waals surface area contributed by atoms with Gasteiger partial charge in [0.2, 0.25) is 0 Å². The molecule has 0 bridgehead atoms. The molecule has 0 fully saturated rings. The Balaban J connectivity index is 2.93. The summed E-state index contributed by atoms with van der Waals surface area (Å²) >= 11 is 10.5. The monoisotopic (exact) mass is 685 g/mol. The Kier molecular flexibility index (Phi) is 11.5. The molecular weight excluding hydrogens is 681 g/mol. The van der Waals surface area contributed by atoms with Crippen LogP contribution in [0.15, 0.2) is 0 Å². The zero-order valence-electron chi connectivity index (χ0n) is 3.82. The molecule has 0 heterocycles. The fourth-order valence-corrected chi connectivity index (χ4v) is 27.4. The van der Waals surface area contributed by atoms with Crippen molar-refractivity contribution in [2.45, 2.75) is 10.4 Å². The molecule has 0 amide bonds. The van der Waals surface area contributed by atoms with Crippen LogP contribution in [-0.2, 0) is 0 Å². The Morgan fingerprint density at radius 3 is 1.12 bits per heavy atom. The van der Waals surface area contributed by atoms with Crippen LogP contribution in [0.4, 0.5) is 0 Å².